The topological polar surface area (TPSA) is 38.9 Å². The summed E-state index contributed by atoms with van der Waals surface area (Å²) in [5, 5.41) is 9.46. The molecule has 0 aliphatic carbocycles. The van der Waals surface area contributed by atoms with Crippen LogP contribution in [0.1, 0.15) is 25.7 Å². The highest BCUT2D eigenvalue weighted by Crippen LogP contribution is 2.22. The van der Waals surface area contributed by atoms with Gasteiger partial charge in [0.2, 0.25) is 5.89 Å². The minimum Gasteiger partial charge on any atom is -0.416 e. The first-order chi connectivity index (χ1) is 6.76. The van der Waals surface area contributed by atoms with Gasteiger partial charge in [-0.1, -0.05) is 41.0 Å². The first kappa shape index (κ1) is 12.0. The molecule has 0 fully saturated rings. The molecule has 0 aliphatic rings. The van der Waals surface area contributed by atoms with Crippen molar-refractivity contribution in [3.05, 3.63) is 5.89 Å². The number of aryl methyl sites for hydroxylation is 1. The van der Waals surface area contributed by atoms with Crippen molar-refractivity contribution in [2.24, 2.45) is 5.92 Å². The van der Waals surface area contributed by atoms with Crippen LogP contribution in [0.4, 0.5) is 0 Å². The van der Waals surface area contributed by atoms with Gasteiger partial charge in [0.05, 0.1) is 0 Å². The molecular formula is C9H15BrN2OS. The molecule has 0 amide bonds. The summed E-state index contributed by atoms with van der Waals surface area (Å²) >= 11 is 5.16. The first-order valence-corrected chi connectivity index (χ1v) is 6.85. The van der Waals surface area contributed by atoms with Gasteiger partial charge in [0.15, 0.2) is 0 Å². The summed E-state index contributed by atoms with van der Waals surface area (Å²) in [5.74, 6) is 2.37. The van der Waals surface area contributed by atoms with Crippen LogP contribution in [0.3, 0.4) is 0 Å². The number of alkyl halides is 1. The van der Waals surface area contributed by atoms with Crippen molar-refractivity contribution >= 4 is 27.7 Å². The summed E-state index contributed by atoms with van der Waals surface area (Å²) in [6, 6.07) is 0. The zero-order chi connectivity index (χ0) is 10.4. The lowest BCUT2D eigenvalue weighted by Crippen LogP contribution is -2.04. The molecule has 0 saturated carbocycles. The number of aromatic nitrogens is 2. The van der Waals surface area contributed by atoms with Gasteiger partial charge >= 0.3 is 0 Å². The monoisotopic (exact) mass is 278 g/mol. The molecule has 0 aliphatic heterocycles. The largest absolute Gasteiger partial charge is 0.416 e. The van der Waals surface area contributed by atoms with Crippen molar-refractivity contribution in [1.82, 2.24) is 10.2 Å². The molecule has 0 N–H and O–H groups in total. The van der Waals surface area contributed by atoms with Gasteiger partial charge in [-0.15, -0.1) is 10.2 Å². The maximum atomic E-state index is 5.28. The molecule has 1 unspecified atom stereocenters. The fourth-order valence-electron chi connectivity index (χ4n) is 1.14. The average molecular weight is 279 g/mol. The van der Waals surface area contributed by atoms with Crippen LogP contribution in [-0.2, 0) is 0 Å². The van der Waals surface area contributed by atoms with Crippen LogP contribution in [0.15, 0.2) is 9.64 Å². The Kier molecular flexibility index (Phi) is 5.55. The van der Waals surface area contributed by atoms with E-state index in [0.717, 1.165) is 11.1 Å². The molecule has 3 nitrogen and oxygen atoms in total. The second kappa shape index (κ2) is 6.45. The van der Waals surface area contributed by atoms with Crippen LogP contribution in [0.5, 0.6) is 0 Å². The van der Waals surface area contributed by atoms with E-state index in [4.69, 9.17) is 4.42 Å². The molecule has 1 atom stereocenters. The summed E-state index contributed by atoms with van der Waals surface area (Å²) in [5.41, 5.74) is 0. The molecule has 80 valence electrons. The molecule has 0 saturated heterocycles. The van der Waals surface area contributed by atoms with Gasteiger partial charge in [-0.25, -0.2) is 0 Å². The molecule has 1 rings (SSSR count). The zero-order valence-electron chi connectivity index (χ0n) is 8.49. The van der Waals surface area contributed by atoms with E-state index in [1.54, 1.807) is 11.8 Å². The maximum absolute atomic E-state index is 5.28. The Morgan fingerprint density at radius 3 is 2.79 bits per heavy atom. The minimum atomic E-state index is 0.637. The van der Waals surface area contributed by atoms with Crippen LogP contribution < -0.4 is 0 Å². The second-order valence-corrected chi connectivity index (χ2v) is 4.83. The molecule has 1 heterocycles. The van der Waals surface area contributed by atoms with Crippen LogP contribution in [-0.4, -0.2) is 21.3 Å². The fourth-order valence-corrected chi connectivity index (χ4v) is 2.94. The van der Waals surface area contributed by atoms with Crippen LogP contribution in [0.2, 0.25) is 0 Å². The average Bonchev–Trinajstić information content (AvgIpc) is 2.59. The third-order valence-corrected chi connectivity index (χ3v) is 3.83. The van der Waals surface area contributed by atoms with Crippen LogP contribution >= 0.6 is 27.7 Å². The minimum absolute atomic E-state index is 0.637. The highest BCUT2D eigenvalue weighted by molar-refractivity contribution is 9.09. The third kappa shape index (κ3) is 4.00. The van der Waals surface area contributed by atoms with E-state index in [1.807, 2.05) is 6.92 Å². The second-order valence-electron chi connectivity index (χ2n) is 3.21. The van der Waals surface area contributed by atoms with Crippen LogP contribution in [0, 0.1) is 12.8 Å². The van der Waals surface area contributed by atoms with Crippen LogP contribution in [0.25, 0.3) is 0 Å². The third-order valence-electron chi connectivity index (χ3n) is 1.87. The molecule has 14 heavy (non-hydrogen) atoms. The summed E-state index contributed by atoms with van der Waals surface area (Å²) in [6.45, 7) is 4.02. The quantitative estimate of drug-likeness (QED) is 0.591. The number of nitrogens with zero attached hydrogens (tertiary/aromatic N) is 2. The molecular weight excluding hydrogens is 264 g/mol. The molecule has 1 aromatic rings. The van der Waals surface area contributed by atoms with Gasteiger partial charge < -0.3 is 4.42 Å². The summed E-state index contributed by atoms with van der Waals surface area (Å²) < 4.78 is 5.28. The number of rotatable bonds is 6. The van der Waals surface area contributed by atoms with E-state index in [0.29, 0.717) is 17.0 Å². The lowest BCUT2D eigenvalue weighted by atomic mass is 10.1. The van der Waals surface area contributed by atoms with E-state index in [-0.39, 0.29) is 0 Å². The predicted octanol–water partition coefficient (Wildman–Crippen LogP) is 3.28. The number of halogens is 1. The Morgan fingerprint density at radius 2 is 2.29 bits per heavy atom. The standard InChI is InChI=1S/C9H15BrN2OS/c1-3-4-8(5-10)6-14-9-12-11-7(2)13-9/h8H,3-6H2,1-2H3. The Labute approximate surface area is 97.2 Å². The van der Waals surface area contributed by atoms with Gasteiger partial charge in [0, 0.05) is 18.0 Å². The van der Waals surface area contributed by atoms with E-state index >= 15 is 0 Å². The molecule has 1 aromatic heterocycles. The number of hydrogen-bond acceptors (Lipinski definition) is 4. The van der Waals surface area contributed by atoms with E-state index in [1.165, 1.54) is 12.8 Å². The molecule has 5 heteroatoms. The summed E-state index contributed by atoms with van der Waals surface area (Å²) in [6.07, 6.45) is 2.46. The molecule has 0 radical (unpaired) electrons. The van der Waals surface area contributed by atoms with Crippen molar-refractivity contribution < 1.29 is 4.42 Å². The smallest absolute Gasteiger partial charge is 0.276 e. The zero-order valence-corrected chi connectivity index (χ0v) is 10.9. The molecule has 0 aromatic carbocycles. The predicted molar refractivity (Wildman–Crippen MR) is 62.0 cm³/mol. The van der Waals surface area contributed by atoms with E-state index in [2.05, 4.69) is 33.1 Å². The normalized spacial score (nSPS) is 13.1. The number of hydrogen-bond donors (Lipinski definition) is 0. The van der Waals surface area contributed by atoms with Crippen molar-refractivity contribution in [3.63, 3.8) is 0 Å². The molecule has 0 bridgehead atoms. The van der Waals surface area contributed by atoms with Gasteiger partial charge in [-0.3, -0.25) is 0 Å². The number of thioether (sulfide) groups is 1. The van der Waals surface area contributed by atoms with Crippen molar-refractivity contribution in [2.45, 2.75) is 31.9 Å². The lowest BCUT2D eigenvalue weighted by Gasteiger charge is -2.09. The summed E-state index contributed by atoms with van der Waals surface area (Å²) in [7, 11) is 0. The SMILES string of the molecule is CCCC(CBr)CSc1nnc(C)o1. The maximum Gasteiger partial charge on any atom is 0.276 e. The van der Waals surface area contributed by atoms with Crippen molar-refractivity contribution in [1.29, 1.82) is 0 Å². The van der Waals surface area contributed by atoms with E-state index in [9.17, 15) is 0 Å². The fraction of sp³-hybridized carbons (Fsp3) is 0.778. The summed E-state index contributed by atoms with van der Waals surface area (Å²) in [4.78, 5) is 0. The van der Waals surface area contributed by atoms with Gasteiger partial charge in [-0.05, 0) is 12.3 Å². The Bertz CT molecular complexity index is 267. The lowest BCUT2D eigenvalue weighted by molar-refractivity contribution is 0.428. The van der Waals surface area contributed by atoms with Crippen molar-refractivity contribution in [2.75, 3.05) is 11.1 Å². The van der Waals surface area contributed by atoms with E-state index < -0.39 is 0 Å². The highest BCUT2D eigenvalue weighted by atomic mass is 79.9. The van der Waals surface area contributed by atoms with Gasteiger partial charge in [0.1, 0.15) is 0 Å². The molecule has 0 spiro atoms. The highest BCUT2D eigenvalue weighted by Gasteiger charge is 2.09. The van der Waals surface area contributed by atoms with Crippen molar-refractivity contribution in [3.8, 4) is 0 Å². The first-order valence-electron chi connectivity index (χ1n) is 4.75. The van der Waals surface area contributed by atoms with Gasteiger partial charge in [0.25, 0.3) is 5.22 Å². The van der Waals surface area contributed by atoms with Gasteiger partial charge in [-0.2, -0.15) is 0 Å². The Balaban J connectivity index is 2.31. The Morgan fingerprint density at radius 1 is 1.50 bits per heavy atom. The Hall–Kier alpha value is -0.0300.